The average Bonchev–Trinajstić information content (AvgIpc) is 2.77. The van der Waals surface area contributed by atoms with Crippen molar-refractivity contribution in [2.75, 3.05) is 11.1 Å². The van der Waals surface area contributed by atoms with Crippen LogP contribution in [0.4, 0.5) is 11.6 Å². The first-order valence-corrected chi connectivity index (χ1v) is 5.46. The van der Waals surface area contributed by atoms with Gasteiger partial charge in [0.15, 0.2) is 0 Å². The Balaban J connectivity index is 2.03. The molecule has 0 saturated carbocycles. The number of nitrogens with two attached hydrogens (primary N) is 1. The highest BCUT2D eigenvalue weighted by atomic mass is 15.1. The van der Waals surface area contributed by atoms with Crippen LogP contribution < -0.4 is 11.1 Å². The standard InChI is InChI=1S/C11H16N6/c1-8(5-17-4-3-13-7-17)16-11-9(2)10(12)14-6-15-11/h3-4,6-8H,5H2,1-2H3,(H3,12,14,15,16). The third-order valence-electron chi connectivity index (χ3n) is 2.55. The van der Waals surface area contributed by atoms with Gasteiger partial charge in [0.1, 0.15) is 18.0 Å². The number of hydrogen-bond acceptors (Lipinski definition) is 5. The molecule has 0 aliphatic carbocycles. The second-order valence-corrected chi connectivity index (χ2v) is 4.04. The van der Waals surface area contributed by atoms with Crippen molar-refractivity contribution in [1.82, 2.24) is 19.5 Å². The first-order valence-electron chi connectivity index (χ1n) is 5.46. The van der Waals surface area contributed by atoms with Crippen LogP contribution in [0.25, 0.3) is 0 Å². The van der Waals surface area contributed by atoms with Crippen molar-refractivity contribution in [3.05, 3.63) is 30.6 Å². The van der Waals surface area contributed by atoms with Crippen LogP contribution in [0, 0.1) is 6.92 Å². The average molecular weight is 232 g/mol. The molecule has 0 bridgehead atoms. The Morgan fingerprint density at radius 1 is 1.47 bits per heavy atom. The Hall–Kier alpha value is -2.11. The SMILES string of the molecule is Cc1c(N)ncnc1NC(C)Cn1ccnc1. The zero-order chi connectivity index (χ0) is 12.3. The first kappa shape index (κ1) is 11.4. The molecule has 6 nitrogen and oxygen atoms in total. The molecule has 0 aromatic carbocycles. The van der Waals surface area contributed by atoms with Crippen molar-refractivity contribution in [2.24, 2.45) is 0 Å². The van der Waals surface area contributed by atoms with Gasteiger partial charge in [0.2, 0.25) is 0 Å². The predicted molar refractivity (Wildman–Crippen MR) is 66.5 cm³/mol. The number of hydrogen-bond donors (Lipinski definition) is 2. The van der Waals surface area contributed by atoms with E-state index < -0.39 is 0 Å². The van der Waals surface area contributed by atoms with Gasteiger partial charge in [0.25, 0.3) is 0 Å². The van der Waals surface area contributed by atoms with Crippen molar-refractivity contribution in [1.29, 1.82) is 0 Å². The van der Waals surface area contributed by atoms with Crippen LogP contribution in [0.2, 0.25) is 0 Å². The van der Waals surface area contributed by atoms with E-state index in [-0.39, 0.29) is 6.04 Å². The molecule has 90 valence electrons. The fraction of sp³-hybridized carbons (Fsp3) is 0.364. The van der Waals surface area contributed by atoms with E-state index in [0.717, 1.165) is 17.9 Å². The van der Waals surface area contributed by atoms with E-state index in [0.29, 0.717) is 5.82 Å². The van der Waals surface area contributed by atoms with Gasteiger partial charge in [-0.25, -0.2) is 15.0 Å². The van der Waals surface area contributed by atoms with Crippen LogP contribution in [0.1, 0.15) is 12.5 Å². The molecule has 1 unspecified atom stereocenters. The molecule has 0 fully saturated rings. The topological polar surface area (TPSA) is 81.6 Å². The molecular weight excluding hydrogens is 216 g/mol. The van der Waals surface area contributed by atoms with Crippen LogP contribution in [0.3, 0.4) is 0 Å². The maximum absolute atomic E-state index is 5.73. The van der Waals surface area contributed by atoms with Gasteiger partial charge in [-0.15, -0.1) is 0 Å². The Labute approximate surface area is 99.9 Å². The molecule has 1 atom stereocenters. The molecule has 0 spiro atoms. The summed E-state index contributed by atoms with van der Waals surface area (Å²) in [6.45, 7) is 4.81. The van der Waals surface area contributed by atoms with Crippen LogP contribution in [-0.2, 0) is 6.54 Å². The third kappa shape index (κ3) is 2.72. The van der Waals surface area contributed by atoms with Gasteiger partial charge < -0.3 is 15.6 Å². The van der Waals surface area contributed by atoms with Crippen LogP contribution in [0.5, 0.6) is 0 Å². The van der Waals surface area contributed by atoms with Crippen molar-refractivity contribution >= 4 is 11.6 Å². The zero-order valence-electron chi connectivity index (χ0n) is 9.96. The van der Waals surface area contributed by atoms with Gasteiger partial charge in [-0.2, -0.15) is 0 Å². The Bertz CT molecular complexity index is 479. The normalized spacial score (nSPS) is 12.4. The fourth-order valence-corrected chi connectivity index (χ4v) is 1.60. The maximum Gasteiger partial charge on any atom is 0.134 e. The highest BCUT2D eigenvalue weighted by molar-refractivity contribution is 5.54. The minimum Gasteiger partial charge on any atom is -0.383 e. The van der Waals surface area contributed by atoms with Gasteiger partial charge in [0.05, 0.1) is 6.33 Å². The minimum absolute atomic E-state index is 0.234. The molecule has 0 aliphatic rings. The number of rotatable bonds is 4. The summed E-state index contributed by atoms with van der Waals surface area (Å²) in [6, 6.07) is 0.234. The Kier molecular flexibility index (Phi) is 3.22. The van der Waals surface area contributed by atoms with Crippen molar-refractivity contribution in [2.45, 2.75) is 26.4 Å². The second kappa shape index (κ2) is 4.82. The Morgan fingerprint density at radius 2 is 2.29 bits per heavy atom. The lowest BCUT2D eigenvalue weighted by Gasteiger charge is -2.16. The van der Waals surface area contributed by atoms with E-state index in [4.69, 9.17) is 5.73 Å². The molecule has 2 aromatic rings. The lowest BCUT2D eigenvalue weighted by molar-refractivity contribution is 0.616. The van der Waals surface area contributed by atoms with Crippen molar-refractivity contribution < 1.29 is 0 Å². The van der Waals surface area contributed by atoms with Gasteiger partial charge in [-0.3, -0.25) is 0 Å². The number of nitrogens with one attached hydrogen (secondary N) is 1. The van der Waals surface area contributed by atoms with Crippen molar-refractivity contribution in [3.8, 4) is 0 Å². The van der Waals surface area contributed by atoms with Gasteiger partial charge in [-0.1, -0.05) is 0 Å². The van der Waals surface area contributed by atoms with Gasteiger partial charge >= 0.3 is 0 Å². The summed E-state index contributed by atoms with van der Waals surface area (Å²) in [5.74, 6) is 1.29. The zero-order valence-corrected chi connectivity index (χ0v) is 9.96. The maximum atomic E-state index is 5.73. The lowest BCUT2D eigenvalue weighted by atomic mass is 10.2. The Morgan fingerprint density at radius 3 is 3.00 bits per heavy atom. The predicted octanol–water partition coefficient (Wildman–Crippen LogP) is 1.06. The number of anilines is 2. The molecule has 6 heteroatoms. The summed E-state index contributed by atoms with van der Waals surface area (Å²) < 4.78 is 2.01. The van der Waals surface area contributed by atoms with Crippen LogP contribution >= 0.6 is 0 Å². The number of nitrogen functional groups attached to an aromatic ring is 1. The van der Waals surface area contributed by atoms with Crippen molar-refractivity contribution in [3.63, 3.8) is 0 Å². The van der Waals surface area contributed by atoms with E-state index in [9.17, 15) is 0 Å². The van der Waals surface area contributed by atoms with E-state index in [1.54, 1.807) is 12.5 Å². The highest BCUT2D eigenvalue weighted by Gasteiger charge is 2.08. The summed E-state index contributed by atoms with van der Waals surface area (Å²) >= 11 is 0. The summed E-state index contributed by atoms with van der Waals surface area (Å²) in [7, 11) is 0. The summed E-state index contributed by atoms with van der Waals surface area (Å²) in [5, 5.41) is 3.31. The first-order chi connectivity index (χ1) is 8.16. The molecule has 0 saturated heterocycles. The summed E-state index contributed by atoms with van der Waals surface area (Å²) in [5.41, 5.74) is 6.61. The van der Waals surface area contributed by atoms with Crippen LogP contribution in [0.15, 0.2) is 25.0 Å². The van der Waals surface area contributed by atoms with Gasteiger partial charge in [0, 0.05) is 30.5 Å². The summed E-state index contributed by atoms with van der Waals surface area (Å²) in [6.07, 6.45) is 6.95. The molecule has 2 heterocycles. The molecule has 2 aromatic heterocycles. The summed E-state index contributed by atoms with van der Waals surface area (Å²) in [4.78, 5) is 12.1. The van der Waals surface area contributed by atoms with E-state index in [1.165, 1.54) is 6.33 Å². The number of imidazole rings is 1. The molecule has 0 aliphatic heterocycles. The molecule has 2 rings (SSSR count). The minimum atomic E-state index is 0.234. The molecule has 17 heavy (non-hydrogen) atoms. The van der Waals surface area contributed by atoms with E-state index >= 15 is 0 Å². The smallest absolute Gasteiger partial charge is 0.134 e. The van der Waals surface area contributed by atoms with E-state index in [2.05, 4.69) is 27.2 Å². The molecule has 0 radical (unpaired) electrons. The van der Waals surface area contributed by atoms with E-state index in [1.807, 2.05) is 17.7 Å². The monoisotopic (exact) mass is 232 g/mol. The third-order valence-corrected chi connectivity index (χ3v) is 2.55. The molecule has 0 amide bonds. The molecule has 3 N–H and O–H groups in total. The highest BCUT2D eigenvalue weighted by Crippen LogP contribution is 2.16. The second-order valence-electron chi connectivity index (χ2n) is 4.04. The fourth-order valence-electron chi connectivity index (χ4n) is 1.60. The largest absolute Gasteiger partial charge is 0.383 e. The van der Waals surface area contributed by atoms with Gasteiger partial charge in [-0.05, 0) is 13.8 Å². The van der Waals surface area contributed by atoms with Crippen LogP contribution in [-0.4, -0.2) is 25.6 Å². The molecular formula is C11H16N6. The number of nitrogens with zero attached hydrogens (tertiary/aromatic N) is 4. The lowest BCUT2D eigenvalue weighted by Crippen LogP contribution is -2.22. The number of aromatic nitrogens is 4. The quantitative estimate of drug-likeness (QED) is 0.823.